The minimum atomic E-state index is -0.154. The summed E-state index contributed by atoms with van der Waals surface area (Å²) in [6.07, 6.45) is 4.52. The van der Waals surface area contributed by atoms with E-state index in [1.165, 1.54) is 4.68 Å². The molecular formula is C15H22BrN3O2. The minimum Gasteiger partial charge on any atom is -0.379 e. The first-order valence-corrected chi connectivity index (χ1v) is 7.95. The van der Waals surface area contributed by atoms with Gasteiger partial charge < -0.3 is 10.1 Å². The van der Waals surface area contributed by atoms with Gasteiger partial charge in [0, 0.05) is 18.1 Å². The van der Waals surface area contributed by atoms with Crippen LogP contribution in [0.15, 0.2) is 28.1 Å². The Morgan fingerprint density at radius 2 is 2.38 bits per heavy atom. The third-order valence-corrected chi connectivity index (χ3v) is 4.93. The van der Waals surface area contributed by atoms with Crippen LogP contribution >= 0.6 is 15.9 Å². The zero-order valence-electron chi connectivity index (χ0n) is 12.7. The van der Waals surface area contributed by atoms with E-state index in [4.69, 9.17) is 4.74 Å². The van der Waals surface area contributed by atoms with Crippen molar-refractivity contribution < 1.29 is 4.74 Å². The average molecular weight is 356 g/mol. The predicted octanol–water partition coefficient (Wildman–Crippen LogP) is 2.81. The highest BCUT2D eigenvalue weighted by atomic mass is 79.9. The Morgan fingerprint density at radius 1 is 1.67 bits per heavy atom. The molecule has 0 bridgehead atoms. The zero-order chi connectivity index (χ0) is 15.6. The van der Waals surface area contributed by atoms with Gasteiger partial charge in [-0.1, -0.05) is 19.9 Å². The summed E-state index contributed by atoms with van der Waals surface area (Å²) in [5, 5.41) is 7.56. The van der Waals surface area contributed by atoms with Crippen LogP contribution in [0.25, 0.3) is 0 Å². The maximum Gasteiger partial charge on any atom is 0.283 e. The van der Waals surface area contributed by atoms with E-state index in [0.717, 1.165) is 18.7 Å². The fraction of sp³-hybridized carbons (Fsp3) is 0.600. The lowest BCUT2D eigenvalue weighted by atomic mass is 9.64. The second kappa shape index (κ2) is 6.32. The van der Waals surface area contributed by atoms with Gasteiger partial charge in [0.25, 0.3) is 5.56 Å². The molecule has 2 atom stereocenters. The van der Waals surface area contributed by atoms with Crippen molar-refractivity contribution in [1.82, 2.24) is 9.78 Å². The van der Waals surface area contributed by atoms with Gasteiger partial charge in [-0.2, -0.15) is 5.10 Å². The third-order valence-electron chi connectivity index (χ3n) is 4.16. The van der Waals surface area contributed by atoms with Crippen LogP contribution in [0.3, 0.4) is 0 Å². The fourth-order valence-electron chi connectivity index (χ4n) is 2.62. The molecule has 1 aromatic heterocycles. The number of nitrogens with one attached hydrogen (secondary N) is 1. The van der Waals surface area contributed by atoms with Crippen LogP contribution in [0, 0.1) is 5.41 Å². The standard InChI is InChI=1S/C15H22BrN3O2/c1-5-7-19-14(20)13(16)10(9-17-19)18-11-8-12(21-6-2)15(11,3)4/h5,9,11-12,18H,1,6-8H2,2-4H3. The molecule has 5 nitrogen and oxygen atoms in total. The van der Waals surface area contributed by atoms with Gasteiger partial charge in [0.2, 0.25) is 0 Å². The lowest BCUT2D eigenvalue weighted by molar-refractivity contribution is -0.0976. The van der Waals surface area contributed by atoms with Gasteiger partial charge in [0.15, 0.2) is 0 Å². The summed E-state index contributed by atoms with van der Waals surface area (Å²) in [6, 6.07) is 0.266. The summed E-state index contributed by atoms with van der Waals surface area (Å²) >= 11 is 3.36. The topological polar surface area (TPSA) is 56.1 Å². The maximum atomic E-state index is 12.1. The summed E-state index contributed by atoms with van der Waals surface area (Å²) in [6.45, 7) is 11.1. The van der Waals surface area contributed by atoms with E-state index < -0.39 is 0 Å². The van der Waals surface area contributed by atoms with Crippen LogP contribution < -0.4 is 10.9 Å². The quantitative estimate of drug-likeness (QED) is 0.797. The molecule has 2 rings (SSSR count). The number of ether oxygens (including phenoxy) is 1. The van der Waals surface area contributed by atoms with Crippen molar-refractivity contribution >= 4 is 21.6 Å². The van der Waals surface area contributed by atoms with Gasteiger partial charge in [-0.05, 0) is 29.3 Å². The number of allylic oxidation sites excluding steroid dienone is 1. The van der Waals surface area contributed by atoms with Crippen LogP contribution in [-0.2, 0) is 11.3 Å². The van der Waals surface area contributed by atoms with Crippen LogP contribution in [-0.4, -0.2) is 28.5 Å². The highest BCUT2D eigenvalue weighted by molar-refractivity contribution is 9.10. The Labute approximate surface area is 133 Å². The molecule has 21 heavy (non-hydrogen) atoms. The van der Waals surface area contributed by atoms with Crippen molar-refractivity contribution in [3.8, 4) is 0 Å². The number of anilines is 1. The monoisotopic (exact) mass is 355 g/mol. The lowest BCUT2D eigenvalue weighted by Crippen LogP contribution is -2.58. The maximum absolute atomic E-state index is 12.1. The molecule has 1 N–H and O–H groups in total. The molecule has 1 aromatic rings. The minimum absolute atomic E-state index is 0.0332. The van der Waals surface area contributed by atoms with E-state index in [1.807, 2.05) is 6.92 Å². The molecule has 0 aromatic carbocycles. The molecule has 6 heteroatoms. The molecule has 0 amide bonds. The van der Waals surface area contributed by atoms with E-state index in [1.54, 1.807) is 12.3 Å². The molecule has 1 fully saturated rings. The lowest BCUT2D eigenvalue weighted by Gasteiger charge is -2.52. The van der Waals surface area contributed by atoms with Crippen molar-refractivity contribution in [3.63, 3.8) is 0 Å². The highest BCUT2D eigenvalue weighted by Crippen LogP contribution is 2.44. The summed E-state index contributed by atoms with van der Waals surface area (Å²) in [4.78, 5) is 12.1. The van der Waals surface area contributed by atoms with Gasteiger partial charge in [0.05, 0.1) is 24.5 Å². The summed E-state index contributed by atoms with van der Waals surface area (Å²) < 4.78 is 7.60. The number of rotatable bonds is 6. The van der Waals surface area contributed by atoms with Gasteiger partial charge in [-0.15, -0.1) is 6.58 Å². The SMILES string of the molecule is C=CCn1ncc(NC2CC(OCC)C2(C)C)c(Br)c1=O. The van der Waals surface area contributed by atoms with Gasteiger partial charge in [-0.25, -0.2) is 4.68 Å². The first-order chi connectivity index (χ1) is 9.91. The van der Waals surface area contributed by atoms with E-state index in [0.29, 0.717) is 11.0 Å². The molecule has 0 saturated heterocycles. The summed E-state index contributed by atoms with van der Waals surface area (Å²) in [5.41, 5.74) is 0.609. The number of hydrogen-bond donors (Lipinski definition) is 1. The summed E-state index contributed by atoms with van der Waals surface area (Å²) in [7, 11) is 0. The molecule has 1 heterocycles. The van der Waals surface area contributed by atoms with E-state index >= 15 is 0 Å². The van der Waals surface area contributed by atoms with E-state index in [2.05, 4.69) is 46.8 Å². The number of nitrogens with zero attached hydrogens (tertiary/aromatic N) is 2. The third kappa shape index (κ3) is 3.06. The molecule has 0 spiro atoms. The van der Waals surface area contributed by atoms with Crippen LogP contribution in [0.5, 0.6) is 0 Å². The number of aromatic nitrogens is 2. The second-order valence-corrected chi connectivity index (χ2v) is 6.64. The van der Waals surface area contributed by atoms with Crippen molar-refractivity contribution in [3.05, 3.63) is 33.7 Å². The van der Waals surface area contributed by atoms with Crippen molar-refractivity contribution in [2.75, 3.05) is 11.9 Å². The molecule has 1 aliphatic carbocycles. The molecule has 116 valence electrons. The van der Waals surface area contributed by atoms with Gasteiger partial charge in [0.1, 0.15) is 4.47 Å². The smallest absolute Gasteiger partial charge is 0.283 e. The van der Waals surface area contributed by atoms with Crippen molar-refractivity contribution in [1.29, 1.82) is 0 Å². The van der Waals surface area contributed by atoms with Crippen LogP contribution in [0.1, 0.15) is 27.2 Å². The number of halogens is 1. The molecule has 1 saturated carbocycles. The van der Waals surface area contributed by atoms with E-state index in [9.17, 15) is 4.79 Å². The normalized spacial score (nSPS) is 23.4. The Bertz CT molecular complexity index is 583. The Balaban J connectivity index is 2.13. The molecule has 1 aliphatic rings. The molecule has 0 aliphatic heterocycles. The molecular weight excluding hydrogens is 334 g/mol. The first kappa shape index (κ1) is 16.2. The Morgan fingerprint density at radius 3 is 2.95 bits per heavy atom. The average Bonchev–Trinajstić information content (AvgIpc) is 2.45. The van der Waals surface area contributed by atoms with Crippen LogP contribution in [0.2, 0.25) is 0 Å². The van der Waals surface area contributed by atoms with Crippen LogP contribution in [0.4, 0.5) is 5.69 Å². The molecule has 0 radical (unpaired) electrons. The Kier molecular flexibility index (Phi) is 4.88. The van der Waals surface area contributed by atoms with Gasteiger partial charge in [-0.3, -0.25) is 4.79 Å². The predicted molar refractivity (Wildman–Crippen MR) is 87.6 cm³/mol. The largest absolute Gasteiger partial charge is 0.379 e. The molecule has 2 unspecified atom stereocenters. The fourth-order valence-corrected chi connectivity index (χ4v) is 3.04. The van der Waals surface area contributed by atoms with Crippen molar-refractivity contribution in [2.45, 2.75) is 45.9 Å². The number of hydrogen-bond acceptors (Lipinski definition) is 4. The van der Waals surface area contributed by atoms with Gasteiger partial charge >= 0.3 is 0 Å². The summed E-state index contributed by atoms with van der Waals surface area (Å²) in [5.74, 6) is 0. The second-order valence-electron chi connectivity index (χ2n) is 5.85. The van der Waals surface area contributed by atoms with E-state index in [-0.39, 0.29) is 23.1 Å². The zero-order valence-corrected chi connectivity index (χ0v) is 14.3. The Hall–Kier alpha value is -1.14. The van der Waals surface area contributed by atoms with Crippen molar-refractivity contribution in [2.24, 2.45) is 5.41 Å². The first-order valence-electron chi connectivity index (χ1n) is 7.16. The highest BCUT2D eigenvalue weighted by Gasteiger charge is 2.49.